The zero-order valence-electron chi connectivity index (χ0n) is 23.0. The maximum Gasteiger partial charge on any atom is 0.411 e. The van der Waals surface area contributed by atoms with Gasteiger partial charge in [0.2, 0.25) is 0 Å². The van der Waals surface area contributed by atoms with E-state index in [1.54, 1.807) is 0 Å². The average Bonchev–Trinajstić information content (AvgIpc) is 2.95. The lowest BCUT2D eigenvalue weighted by molar-refractivity contribution is -0.906. The highest BCUT2D eigenvalue weighted by Gasteiger charge is 2.34. The first-order valence-electron chi connectivity index (χ1n) is 12.2. The lowest BCUT2D eigenvalue weighted by atomic mass is 10.2. The normalized spacial score (nSPS) is 14.2. The molecule has 14 nitrogen and oxygen atoms in total. The number of nitrogens with one attached hydrogen (secondary N) is 2. The molecular formula is C25H31Cl3N6O8. The average molecular weight is 650 g/mol. The van der Waals surface area contributed by atoms with Crippen LogP contribution in [-0.4, -0.2) is 104 Å². The van der Waals surface area contributed by atoms with E-state index in [-0.39, 0.29) is 58.3 Å². The van der Waals surface area contributed by atoms with E-state index in [0.29, 0.717) is 40.8 Å². The van der Waals surface area contributed by atoms with Gasteiger partial charge < -0.3 is 26.4 Å². The largest absolute Gasteiger partial charge is 1.00 e. The van der Waals surface area contributed by atoms with Gasteiger partial charge in [-0.05, 0) is 36.4 Å². The molecule has 0 saturated carbocycles. The van der Waals surface area contributed by atoms with Gasteiger partial charge in [-0.3, -0.25) is 35.5 Å². The fourth-order valence-corrected chi connectivity index (χ4v) is 4.49. The minimum absolute atomic E-state index is 0. The van der Waals surface area contributed by atoms with Gasteiger partial charge in [-0.2, -0.15) is 10.1 Å². The summed E-state index contributed by atoms with van der Waals surface area (Å²) in [5, 5.41) is 26.9. The predicted octanol–water partition coefficient (Wildman–Crippen LogP) is 0.261. The topological polar surface area (TPSA) is 161 Å². The van der Waals surface area contributed by atoms with E-state index >= 15 is 0 Å². The fraction of sp³-hybridized carbons (Fsp3) is 0.360. The van der Waals surface area contributed by atoms with E-state index in [0.717, 1.165) is 0 Å². The molecule has 0 aliphatic carbocycles. The van der Waals surface area contributed by atoms with Gasteiger partial charge in [-0.25, -0.2) is 9.59 Å². The molecule has 230 valence electrons. The van der Waals surface area contributed by atoms with Crippen LogP contribution in [-0.2, 0) is 19.1 Å². The number of hydrogen-bond donors (Lipinski definition) is 4. The Morgan fingerprint density at radius 3 is 1.69 bits per heavy atom. The maximum absolute atomic E-state index is 12.8. The number of halogens is 3. The van der Waals surface area contributed by atoms with Gasteiger partial charge in [-0.1, -0.05) is 23.2 Å². The Morgan fingerprint density at radius 1 is 0.857 bits per heavy atom. The Morgan fingerprint density at radius 2 is 1.29 bits per heavy atom. The Hall–Kier alpha value is -3.37. The van der Waals surface area contributed by atoms with Crippen LogP contribution in [0.5, 0.6) is 0 Å². The van der Waals surface area contributed by atoms with Gasteiger partial charge in [0.15, 0.2) is 6.54 Å². The number of amides is 4. The summed E-state index contributed by atoms with van der Waals surface area (Å²) in [7, 11) is 4.28. The van der Waals surface area contributed by atoms with Crippen molar-refractivity contribution in [2.45, 2.75) is 0 Å². The Bertz CT molecular complexity index is 1310. The van der Waals surface area contributed by atoms with Crippen LogP contribution in [0.15, 0.2) is 36.4 Å². The summed E-state index contributed by atoms with van der Waals surface area (Å²) < 4.78 is 9.35. The molecule has 1 aliphatic rings. The Kier molecular flexibility index (Phi) is 12.6. The van der Waals surface area contributed by atoms with Crippen LogP contribution in [0.3, 0.4) is 0 Å². The smallest absolute Gasteiger partial charge is 0.411 e. The van der Waals surface area contributed by atoms with Crippen molar-refractivity contribution in [1.82, 2.24) is 4.90 Å². The van der Waals surface area contributed by atoms with Crippen LogP contribution >= 0.6 is 23.2 Å². The monoisotopic (exact) mass is 648 g/mol. The molecule has 17 heteroatoms. The van der Waals surface area contributed by atoms with Crippen molar-refractivity contribution >= 4 is 70.0 Å². The molecule has 0 spiro atoms. The third-order valence-electron chi connectivity index (χ3n) is 6.50. The highest BCUT2D eigenvalue weighted by molar-refractivity contribution is 6.34. The molecule has 0 aromatic heterocycles. The number of methoxy groups -OCH3 is 2. The van der Waals surface area contributed by atoms with Crippen molar-refractivity contribution in [1.29, 1.82) is 0 Å². The second kappa shape index (κ2) is 15.2. The zero-order valence-corrected chi connectivity index (χ0v) is 25.2. The van der Waals surface area contributed by atoms with Crippen molar-refractivity contribution in [3.8, 4) is 0 Å². The second-order valence-electron chi connectivity index (χ2n) is 9.47. The maximum atomic E-state index is 12.8. The summed E-state index contributed by atoms with van der Waals surface area (Å²) in [6.07, 6.45) is -1.43. The van der Waals surface area contributed by atoms with Crippen molar-refractivity contribution in [3.63, 3.8) is 0 Å². The second-order valence-corrected chi connectivity index (χ2v) is 10.3. The molecule has 0 atom stereocenters. The molecule has 0 radical (unpaired) electrons. The molecular weight excluding hydrogens is 619 g/mol. The van der Waals surface area contributed by atoms with Crippen molar-refractivity contribution in [3.05, 3.63) is 46.4 Å². The first-order chi connectivity index (χ1) is 19.4. The number of likely N-dealkylation sites (N-methyl/N-ethyl adjacent to an activating group) is 1. The predicted molar refractivity (Wildman–Crippen MR) is 151 cm³/mol. The molecule has 42 heavy (non-hydrogen) atoms. The molecule has 1 fully saturated rings. The number of anilines is 4. The first kappa shape index (κ1) is 34.8. The number of hydrogen-bond acceptors (Lipinski definition) is 9. The molecule has 0 bridgehead atoms. The van der Waals surface area contributed by atoms with Crippen LogP contribution in [0.1, 0.15) is 0 Å². The van der Waals surface area contributed by atoms with E-state index < -0.39 is 24.0 Å². The van der Waals surface area contributed by atoms with Crippen molar-refractivity contribution in [2.24, 2.45) is 0 Å². The number of carbonyl (C=O) groups excluding carboxylic acids is 4. The highest BCUT2D eigenvalue weighted by atomic mass is 35.5. The quantitative estimate of drug-likeness (QED) is 0.179. The number of benzene rings is 2. The summed E-state index contributed by atoms with van der Waals surface area (Å²) in [5.74, 6) is -1.16. The number of quaternary nitrogens is 1. The molecule has 2 aromatic carbocycles. The van der Waals surface area contributed by atoms with Crippen molar-refractivity contribution < 1.29 is 56.0 Å². The summed E-state index contributed by atoms with van der Waals surface area (Å²) in [6, 6.07) is 8.38. The number of hydroxylamine groups is 2. The third kappa shape index (κ3) is 9.06. The third-order valence-corrected chi connectivity index (χ3v) is 7.12. The van der Waals surface area contributed by atoms with Gasteiger partial charge in [0.05, 0.1) is 73.7 Å². The zero-order chi connectivity index (χ0) is 30.3. The number of ether oxygens (including phenoxy) is 2. The van der Waals surface area contributed by atoms with Crippen molar-refractivity contribution in [2.75, 3.05) is 81.3 Å². The first-order valence-corrected chi connectivity index (χ1v) is 13.0. The molecule has 1 heterocycles. The lowest BCUT2D eigenvalue weighted by Gasteiger charge is -2.41. The summed E-state index contributed by atoms with van der Waals surface area (Å²) >= 11 is 12.3. The van der Waals surface area contributed by atoms with Crippen LogP contribution in [0.25, 0.3) is 0 Å². The van der Waals surface area contributed by atoms with Crippen LogP contribution in [0.4, 0.5) is 32.3 Å². The van der Waals surface area contributed by atoms with E-state index in [1.165, 1.54) is 50.6 Å². The SMILES string of the molecule is COC(=O)Nc1ccc(N(O)C(=O)CN2CC[N+](C)(CC(=O)N(O)c3ccc(NC(=O)OC)c(Cl)c3)CC2)cc1Cl.[Cl-]. The van der Waals surface area contributed by atoms with Crippen LogP contribution in [0.2, 0.25) is 10.0 Å². The van der Waals surface area contributed by atoms with E-state index in [1.807, 2.05) is 11.9 Å². The number of piperazine rings is 1. The summed E-state index contributed by atoms with van der Waals surface area (Å²) in [6.45, 7) is 1.81. The fourth-order valence-electron chi connectivity index (χ4n) is 4.04. The number of rotatable bonds is 8. The molecule has 4 N–H and O–H groups in total. The lowest BCUT2D eigenvalue weighted by Crippen LogP contribution is -3.00. The van der Waals surface area contributed by atoms with Gasteiger partial charge in [0.1, 0.15) is 0 Å². The van der Waals surface area contributed by atoms with Gasteiger partial charge in [0.25, 0.3) is 5.91 Å². The molecule has 3 rings (SSSR count). The van der Waals surface area contributed by atoms with Crippen LogP contribution in [0, 0.1) is 0 Å². The number of nitrogens with zero attached hydrogens (tertiary/aromatic N) is 4. The highest BCUT2D eigenvalue weighted by Crippen LogP contribution is 2.29. The minimum atomic E-state index is -0.714. The Labute approximate surface area is 258 Å². The number of carbonyl (C=O) groups is 4. The Balaban J connectivity index is 0.00000616. The molecule has 4 amide bonds. The molecule has 1 saturated heterocycles. The minimum Gasteiger partial charge on any atom is -1.00 e. The molecule has 1 aliphatic heterocycles. The molecule has 0 unspecified atom stereocenters. The van der Waals surface area contributed by atoms with Gasteiger partial charge in [0, 0.05) is 13.1 Å². The van der Waals surface area contributed by atoms with E-state index in [9.17, 15) is 29.6 Å². The summed E-state index contributed by atoms with van der Waals surface area (Å²) in [5.41, 5.74) is 0.757. The van der Waals surface area contributed by atoms with Crippen LogP contribution < -0.4 is 33.2 Å². The van der Waals surface area contributed by atoms with Gasteiger partial charge in [-0.15, -0.1) is 0 Å². The van der Waals surface area contributed by atoms with E-state index in [4.69, 9.17) is 23.2 Å². The molecule has 2 aromatic rings. The standard InChI is InChI=1S/C25H30Cl2N6O8.ClH/c1-33(15-23(35)32(39)17-5-7-21(19(27)13-17)29-25(37)41-3)10-8-30(9-11-33)14-22(34)31(38)16-4-6-20(18(26)12-16)28-24(36)40-2;/h4-7,12-13,38-39H,8-11,14-15H2,1-3H3,(H-,28,29,36,37);1H. The van der Waals surface area contributed by atoms with Gasteiger partial charge >= 0.3 is 18.1 Å². The summed E-state index contributed by atoms with van der Waals surface area (Å²) in [4.78, 5) is 50.2. The van der Waals surface area contributed by atoms with E-state index in [2.05, 4.69) is 20.1 Å².